The van der Waals surface area contributed by atoms with Gasteiger partial charge in [0.05, 0.1) is 19.6 Å². The van der Waals surface area contributed by atoms with E-state index < -0.39 is 56.9 Å². The number of hydrogen-bond acceptors (Lipinski definition) is 9. The lowest BCUT2D eigenvalue weighted by atomic mass is 9.96. The van der Waals surface area contributed by atoms with Crippen LogP contribution >= 0.6 is 0 Å². The summed E-state index contributed by atoms with van der Waals surface area (Å²) in [7, 11) is -2.32. The van der Waals surface area contributed by atoms with Crippen molar-refractivity contribution in [3.05, 3.63) is 132 Å². The topological polar surface area (TPSA) is 130 Å². The van der Waals surface area contributed by atoms with Crippen molar-refractivity contribution < 1.29 is 42.9 Å². The molecule has 6 rings (SSSR count). The summed E-state index contributed by atoms with van der Waals surface area (Å²) < 4.78 is 32.2. The number of fused-ring (bicyclic) bond motifs is 2. The summed E-state index contributed by atoms with van der Waals surface area (Å²) in [6.45, 7) is 13.2. The summed E-state index contributed by atoms with van der Waals surface area (Å²) in [6, 6.07) is 39.1. The highest BCUT2D eigenvalue weighted by Gasteiger charge is 2.50. The van der Waals surface area contributed by atoms with Gasteiger partial charge in [0.2, 0.25) is 5.91 Å². The van der Waals surface area contributed by atoms with Crippen molar-refractivity contribution in [3.63, 3.8) is 0 Å². The van der Waals surface area contributed by atoms with Crippen molar-refractivity contribution in [1.29, 1.82) is 0 Å². The zero-order valence-electron chi connectivity index (χ0n) is 51.2. The molecule has 1 heterocycles. The molecule has 0 radical (unpaired) electrons. The second-order valence-corrected chi connectivity index (χ2v) is 29.8. The zero-order chi connectivity index (χ0) is 58.4. The Morgan fingerprint density at radius 1 is 0.585 bits per heavy atom. The van der Waals surface area contributed by atoms with Gasteiger partial charge in [-0.1, -0.05) is 246 Å². The Labute approximate surface area is 494 Å². The Balaban J connectivity index is 1.06. The molecule has 11 heteroatoms. The molecule has 0 aliphatic carbocycles. The van der Waals surface area contributed by atoms with E-state index in [4.69, 9.17) is 23.4 Å². The number of nitrogens with one attached hydrogen (secondary N) is 1. The average Bonchev–Trinajstić information content (AvgIpc) is 3.62. The lowest BCUT2D eigenvalue weighted by Crippen LogP contribution is -2.66. The van der Waals surface area contributed by atoms with Crippen molar-refractivity contribution in [2.45, 2.75) is 263 Å². The first-order chi connectivity index (χ1) is 39.7. The number of aryl methyl sites for hydroxylation is 2. The Morgan fingerprint density at radius 2 is 1.07 bits per heavy atom. The standard InChI is InChI=1S/C71H103NO9Si/c1-7-8-9-10-11-12-13-20-28-43-62(79-65(74)44-29-21-16-14-18-24-35-55-46-48-58-39-31-33-41-60(58)50-55)52-64(73)72-67-69(81-66(75)45-30-22-17-15-19-25-36-56-47-49-59-40-32-34-42-61(59)51-56)68(76)63(54-78-82(5,6)71(2,3)4)80-70(67)77-53-57-37-26-23-27-38-57/h23,26-27,31-34,37-42,46-51,62-63,67-70,76H,7-22,24-25,28-30,35-36,43-45,52-54H2,1-6H3,(H,72,73)/t62-,63+,67+,68+,69+,70+/m0/s1. The summed E-state index contributed by atoms with van der Waals surface area (Å²) in [5.74, 6) is -1.14. The van der Waals surface area contributed by atoms with E-state index in [9.17, 15) is 19.5 Å². The number of esters is 2. The molecule has 0 aromatic heterocycles. The maximum atomic E-state index is 14.5. The molecule has 0 saturated carbocycles. The molecule has 450 valence electrons. The second-order valence-electron chi connectivity index (χ2n) is 25.0. The van der Waals surface area contributed by atoms with Gasteiger partial charge in [0.15, 0.2) is 20.7 Å². The van der Waals surface area contributed by atoms with E-state index >= 15 is 0 Å². The number of carbonyl (C=O) groups excluding carboxylic acids is 3. The minimum atomic E-state index is -2.32. The summed E-state index contributed by atoms with van der Waals surface area (Å²) in [5.41, 5.74) is 3.62. The first kappa shape index (κ1) is 66.2. The minimum absolute atomic E-state index is 0.0568. The summed E-state index contributed by atoms with van der Waals surface area (Å²) in [4.78, 5) is 42.0. The van der Waals surface area contributed by atoms with Crippen LogP contribution in [-0.2, 0) is 57.2 Å². The monoisotopic (exact) mass is 1140 g/mol. The van der Waals surface area contributed by atoms with Crippen molar-refractivity contribution in [3.8, 4) is 0 Å². The minimum Gasteiger partial charge on any atom is -0.462 e. The van der Waals surface area contributed by atoms with Crippen LogP contribution in [0, 0.1) is 0 Å². The van der Waals surface area contributed by atoms with Crippen molar-refractivity contribution in [1.82, 2.24) is 5.32 Å². The molecule has 82 heavy (non-hydrogen) atoms. The van der Waals surface area contributed by atoms with Gasteiger partial charge in [-0.2, -0.15) is 0 Å². The highest BCUT2D eigenvalue weighted by molar-refractivity contribution is 6.74. The first-order valence-electron chi connectivity index (χ1n) is 32.0. The largest absolute Gasteiger partial charge is 0.462 e. The predicted octanol–water partition coefficient (Wildman–Crippen LogP) is 17.2. The SMILES string of the molecule is CCCCCCCCCCC[C@@H](CC(=O)N[C@H]1[C@H](OCc2ccccc2)O[C@H](CO[Si](C)(C)C(C)(C)C)[C@@H](O)[C@@H]1OC(=O)CCCCCCCCc1ccc2ccccc2c1)OC(=O)CCCCCCCCc1ccc2ccccc2c1. The van der Waals surface area contributed by atoms with Gasteiger partial charge in [-0.3, -0.25) is 14.4 Å². The van der Waals surface area contributed by atoms with Gasteiger partial charge < -0.3 is 33.8 Å². The molecular formula is C71H103NO9Si. The fourth-order valence-corrected chi connectivity index (χ4v) is 12.0. The third-order valence-electron chi connectivity index (χ3n) is 17.1. The molecule has 10 nitrogen and oxygen atoms in total. The molecule has 6 atom stereocenters. The molecule has 1 aliphatic rings. The number of unbranched alkanes of at least 4 members (excludes halogenated alkanes) is 18. The first-order valence-corrected chi connectivity index (χ1v) is 34.9. The molecule has 1 fully saturated rings. The van der Waals surface area contributed by atoms with Gasteiger partial charge in [-0.15, -0.1) is 0 Å². The number of ether oxygens (including phenoxy) is 4. The maximum Gasteiger partial charge on any atom is 0.306 e. The number of aliphatic hydroxyl groups is 1. The van der Waals surface area contributed by atoms with Crippen molar-refractivity contribution in [2.75, 3.05) is 6.61 Å². The van der Waals surface area contributed by atoms with E-state index in [1.54, 1.807) is 0 Å². The molecule has 1 amide bonds. The number of aliphatic hydroxyl groups excluding tert-OH is 1. The highest BCUT2D eigenvalue weighted by atomic mass is 28.4. The molecule has 0 bridgehead atoms. The van der Waals surface area contributed by atoms with Crippen LogP contribution in [0.25, 0.3) is 21.5 Å². The third kappa shape index (κ3) is 23.6. The molecule has 1 saturated heterocycles. The number of hydrogen-bond donors (Lipinski definition) is 2. The van der Waals surface area contributed by atoms with Gasteiger partial charge in [0.1, 0.15) is 24.4 Å². The predicted molar refractivity (Wildman–Crippen MR) is 337 cm³/mol. The second kappa shape index (κ2) is 36.0. The number of carbonyl (C=O) groups is 3. The molecular weight excluding hydrogens is 1040 g/mol. The zero-order valence-corrected chi connectivity index (χ0v) is 52.2. The smallest absolute Gasteiger partial charge is 0.306 e. The fourth-order valence-electron chi connectivity index (χ4n) is 10.9. The van der Waals surface area contributed by atoms with Crippen LogP contribution in [0.1, 0.15) is 205 Å². The Kier molecular flexibility index (Phi) is 29.1. The molecule has 0 spiro atoms. The highest BCUT2D eigenvalue weighted by Crippen LogP contribution is 2.38. The molecule has 2 N–H and O–H groups in total. The Morgan fingerprint density at radius 3 is 1.62 bits per heavy atom. The summed E-state index contributed by atoms with van der Waals surface area (Å²) in [5, 5.41) is 20.3. The fraction of sp³-hybridized carbons (Fsp3) is 0.592. The van der Waals surface area contributed by atoms with Crippen LogP contribution in [0.4, 0.5) is 0 Å². The van der Waals surface area contributed by atoms with Crippen LogP contribution < -0.4 is 5.32 Å². The van der Waals surface area contributed by atoms with Gasteiger partial charge >= 0.3 is 11.9 Å². The van der Waals surface area contributed by atoms with Crippen LogP contribution in [0.5, 0.6) is 0 Å². The maximum absolute atomic E-state index is 14.5. The van der Waals surface area contributed by atoms with Crippen LogP contribution in [0.3, 0.4) is 0 Å². The van der Waals surface area contributed by atoms with E-state index in [0.29, 0.717) is 19.3 Å². The number of benzene rings is 5. The number of amides is 1. The summed E-state index contributed by atoms with van der Waals surface area (Å²) >= 11 is 0. The van der Waals surface area contributed by atoms with E-state index in [1.165, 1.54) is 71.2 Å². The average molecular weight is 1140 g/mol. The van der Waals surface area contributed by atoms with Crippen LogP contribution in [0.15, 0.2) is 115 Å². The summed E-state index contributed by atoms with van der Waals surface area (Å²) in [6.07, 6.45) is 20.2. The van der Waals surface area contributed by atoms with Crippen molar-refractivity contribution in [2.24, 2.45) is 0 Å². The molecule has 5 aromatic rings. The van der Waals surface area contributed by atoms with E-state index in [2.05, 4.69) is 131 Å². The third-order valence-corrected chi connectivity index (χ3v) is 21.6. The Hall–Kier alpha value is -4.91. The quantitative estimate of drug-likeness (QED) is 0.0224. The lowest BCUT2D eigenvalue weighted by Gasteiger charge is -2.45. The molecule has 0 unspecified atom stereocenters. The van der Waals surface area contributed by atoms with Crippen LogP contribution in [0.2, 0.25) is 18.1 Å². The molecule has 1 aliphatic heterocycles. The van der Waals surface area contributed by atoms with Gasteiger partial charge in [-0.05, 0) is 108 Å². The van der Waals surface area contributed by atoms with E-state index in [0.717, 1.165) is 108 Å². The van der Waals surface area contributed by atoms with Crippen molar-refractivity contribution >= 4 is 47.7 Å². The van der Waals surface area contributed by atoms with Gasteiger partial charge in [0.25, 0.3) is 0 Å². The van der Waals surface area contributed by atoms with Crippen LogP contribution in [-0.4, -0.2) is 74.6 Å². The van der Waals surface area contributed by atoms with Gasteiger partial charge in [0, 0.05) is 12.8 Å². The lowest BCUT2D eigenvalue weighted by molar-refractivity contribution is -0.276. The normalized spacial score (nSPS) is 17.9. The van der Waals surface area contributed by atoms with Gasteiger partial charge in [-0.25, -0.2) is 0 Å². The molecule has 5 aromatic carbocycles. The van der Waals surface area contributed by atoms with E-state index in [1.807, 2.05) is 30.3 Å². The van der Waals surface area contributed by atoms with E-state index in [-0.39, 0.29) is 37.1 Å². The Bertz CT molecular complexity index is 2620. The number of rotatable bonds is 39.